The van der Waals surface area contributed by atoms with E-state index in [4.69, 9.17) is 0 Å². The van der Waals surface area contributed by atoms with Gasteiger partial charge in [-0.05, 0) is 45.2 Å². The van der Waals surface area contributed by atoms with E-state index >= 15 is 0 Å². The fraction of sp³-hybridized carbons (Fsp3) is 0.269. The van der Waals surface area contributed by atoms with E-state index in [1.807, 2.05) is 107 Å². The molecule has 0 heterocycles. The molecular formula is C26H28NO2. The Hall–Kier alpha value is -2.75. The first-order valence-corrected chi connectivity index (χ1v) is 9.98. The Morgan fingerprint density at radius 1 is 0.862 bits per heavy atom. The molecule has 1 radical (unpaired) electrons. The molecule has 0 fully saturated rings. The number of carbonyl (C=O) groups is 1. The molecule has 1 atom stereocenters. The molecule has 0 amide bonds. The maximum absolute atomic E-state index is 13.2. The average molecular weight is 387 g/mol. The minimum Gasteiger partial charge on any atom is -0.289 e. The first-order chi connectivity index (χ1) is 13.8. The summed E-state index contributed by atoms with van der Waals surface area (Å²) >= 11 is 0. The number of hydrogen-bond acceptors (Lipinski definition) is 2. The zero-order chi connectivity index (χ0) is 21.0. The Morgan fingerprint density at radius 3 is 2.07 bits per heavy atom. The van der Waals surface area contributed by atoms with Crippen molar-refractivity contribution in [3.63, 3.8) is 0 Å². The van der Waals surface area contributed by atoms with Gasteiger partial charge in [-0.3, -0.25) is 4.79 Å². The lowest BCUT2D eigenvalue weighted by Gasteiger charge is -2.35. The third-order valence-electron chi connectivity index (χ3n) is 5.12. The highest BCUT2D eigenvalue weighted by Crippen LogP contribution is 2.31. The smallest absolute Gasteiger partial charge is 0.193 e. The van der Waals surface area contributed by atoms with Crippen LogP contribution < -0.4 is 0 Å². The van der Waals surface area contributed by atoms with E-state index in [1.54, 1.807) is 0 Å². The molecule has 3 aromatic rings. The van der Waals surface area contributed by atoms with E-state index in [9.17, 15) is 10.0 Å². The van der Waals surface area contributed by atoms with Crippen LogP contribution in [0.1, 0.15) is 59.4 Å². The molecule has 149 valence electrons. The van der Waals surface area contributed by atoms with Crippen molar-refractivity contribution in [1.29, 1.82) is 0 Å². The van der Waals surface area contributed by atoms with Crippen molar-refractivity contribution < 1.29 is 10.0 Å². The molecule has 0 saturated carbocycles. The number of ketones is 1. The van der Waals surface area contributed by atoms with Crippen molar-refractivity contribution in [1.82, 2.24) is 5.06 Å². The minimum absolute atomic E-state index is 0.0166. The summed E-state index contributed by atoms with van der Waals surface area (Å²) < 4.78 is 0. The number of benzene rings is 3. The minimum atomic E-state index is -0.548. The van der Waals surface area contributed by atoms with Gasteiger partial charge in [-0.15, -0.1) is 10.3 Å². The summed E-state index contributed by atoms with van der Waals surface area (Å²) in [6, 6.07) is 24.6. The molecule has 3 aromatic carbocycles. The second-order valence-corrected chi connectivity index (χ2v) is 8.48. The van der Waals surface area contributed by atoms with Crippen molar-refractivity contribution in [3.8, 4) is 0 Å². The van der Waals surface area contributed by atoms with Gasteiger partial charge in [-0.2, -0.15) is 0 Å². The van der Waals surface area contributed by atoms with Crippen LogP contribution in [-0.2, 0) is 11.6 Å². The highest BCUT2D eigenvalue weighted by atomic mass is 16.5. The second-order valence-electron chi connectivity index (χ2n) is 8.48. The highest BCUT2D eigenvalue weighted by molar-refractivity contribution is 6.09. The van der Waals surface area contributed by atoms with Crippen LogP contribution in [-0.4, -0.2) is 16.4 Å². The Bertz CT molecular complexity index is 956. The largest absolute Gasteiger partial charge is 0.289 e. The van der Waals surface area contributed by atoms with Gasteiger partial charge in [0.15, 0.2) is 5.78 Å². The molecule has 3 heteroatoms. The fourth-order valence-electron chi connectivity index (χ4n) is 3.47. The molecule has 3 nitrogen and oxygen atoms in total. The second kappa shape index (κ2) is 8.73. The standard InChI is InChI=1S/C26H28NO2/c1-19-14-16-20(17-15-19)24(27(29)26(2,3)4)18-22-12-8-9-13-23(22)25(28)21-10-6-5-7-11-21/h5-17,24H,18H2,1-4H3. The molecule has 29 heavy (non-hydrogen) atoms. The summed E-state index contributed by atoms with van der Waals surface area (Å²) in [5.74, 6) is -0.0166. The van der Waals surface area contributed by atoms with E-state index in [2.05, 4.69) is 0 Å². The molecule has 0 aromatic heterocycles. The quantitative estimate of drug-likeness (QED) is 0.388. The monoisotopic (exact) mass is 386 g/mol. The maximum atomic E-state index is 13.2. The van der Waals surface area contributed by atoms with Gasteiger partial charge in [-0.1, -0.05) is 84.4 Å². The number of hydrogen-bond donors (Lipinski definition) is 0. The number of aryl methyl sites for hydroxylation is 1. The third-order valence-corrected chi connectivity index (χ3v) is 5.12. The van der Waals surface area contributed by atoms with Crippen LogP contribution in [0.5, 0.6) is 0 Å². The molecule has 0 bridgehead atoms. The molecule has 1 unspecified atom stereocenters. The van der Waals surface area contributed by atoms with Crippen LogP contribution in [0.2, 0.25) is 0 Å². The summed E-state index contributed by atoms with van der Waals surface area (Å²) in [6.45, 7) is 7.79. The predicted molar refractivity (Wildman–Crippen MR) is 116 cm³/mol. The van der Waals surface area contributed by atoms with Crippen LogP contribution >= 0.6 is 0 Å². The van der Waals surface area contributed by atoms with Gasteiger partial charge >= 0.3 is 0 Å². The van der Waals surface area contributed by atoms with Crippen molar-refractivity contribution in [2.75, 3.05) is 0 Å². The predicted octanol–water partition coefficient (Wildman–Crippen LogP) is 5.96. The van der Waals surface area contributed by atoms with E-state index in [0.29, 0.717) is 17.5 Å². The molecule has 0 aliphatic rings. The molecule has 0 spiro atoms. The normalized spacial score (nSPS) is 12.8. The fourth-order valence-corrected chi connectivity index (χ4v) is 3.47. The molecule has 0 N–H and O–H groups in total. The van der Waals surface area contributed by atoms with Crippen LogP contribution in [0.25, 0.3) is 0 Å². The summed E-state index contributed by atoms with van der Waals surface area (Å²) in [5.41, 5.74) is 3.76. The number of nitrogens with zero attached hydrogens (tertiary/aromatic N) is 1. The molecule has 3 rings (SSSR count). The SMILES string of the molecule is Cc1ccc(C(Cc2ccccc2C(=O)c2ccccc2)N([O])C(C)(C)C)cc1. The zero-order valence-electron chi connectivity index (χ0n) is 17.6. The number of hydroxylamine groups is 2. The van der Waals surface area contributed by atoms with Crippen LogP contribution in [0, 0.1) is 6.92 Å². The lowest BCUT2D eigenvalue weighted by Crippen LogP contribution is -2.41. The van der Waals surface area contributed by atoms with Crippen molar-refractivity contribution in [2.45, 2.75) is 45.7 Å². The number of carbonyl (C=O) groups excluding carboxylic acids is 1. The zero-order valence-corrected chi connectivity index (χ0v) is 17.6. The summed E-state index contributed by atoms with van der Waals surface area (Å²) in [7, 11) is 0. The topological polar surface area (TPSA) is 40.2 Å². The van der Waals surface area contributed by atoms with Gasteiger partial charge < -0.3 is 0 Å². The van der Waals surface area contributed by atoms with E-state index in [1.165, 1.54) is 0 Å². The van der Waals surface area contributed by atoms with E-state index in [0.717, 1.165) is 21.8 Å². The van der Waals surface area contributed by atoms with Crippen molar-refractivity contribution in [2.24, 2.45) is 0 Å². The van der Waals surface area contributed by atoms with Gasteiger partial charge in [0.25, 0.3) is 0 Å². The van der Waals surface area contributed by atoms with Crippen LogP contribution in [0.3, 0.4) is 0 Å². The third kappa shape index (κ3) is 5.00. The Balaban J connectivity index is 2.00. The van der Waals surface area contributed by atoms with Gasteiger partial charge in [0, 0.05) is 16.7 Å². The summed E-state index contributed by atoms with van der Waals surface area (Å²) in [4.78, 5) is 13.1. The first kappa shape index (κ1) is 21.0. The summed E-state index contributed by atoms with van der Waals surface area (Å²) in [5, 5.41) is 14.4. The average Bonchev–Trinajstić information content (AvgIpc) is 2.72. The first-order valence-electron chi connectivity index (χ1n) is 9.98. The molecule has 0 saturated heterocycles. The van der Waals surface area contributed by atoms with Crippen LogP contribution in [0.15, 0.2) is 78.9 Å². The van der Waals surface area contributed by atoms with E-state index in [-0.39, 0.29) is 11.8 Å². The van der Waals surface area contributed by atoms with Gasteiger partial charge in [-0.25, -0.2) is 0 Å². The lowest BCUT2D eigenvalue weighted by molar-refractivity contribution is -0.241. The van der Waals surface area contributed by atoms with Crippen LogP contribution in [0.4, 0.5) is 0 Å². The Labute approximate surface area is 173 Å². The summed E-state index contributed by atoms with van der Waals surface area (Å²) in [6.07, 6.45) is 0.471. The Kier molecular flexibility index (Phi) is 6.31. The molecular weight excluding hydrogens is 358 g/mol. The van der Waals surface area contributed by atoms with Gasteiger partial charge in [0.05, 0.1) is 6.04 Å². The lowest BCUT2D eigenvalue weighted by atomic mass is 9.90. The maximum Gasteiger partial charge on any atom is 0.193 e. The molecule has 0 aliphatic carbocycles. The van der Waals surface area contributed by atoms with Crippen molar-refractivity contribution >= 4 is 5.78 Å². The number of rotatable bonds is 6. The molecule has 0 aliphatic heterocycles. The Morgan fingerprint density at radius 2 is 1.45 bits per heavy atom. The van der Waals surface area contributed by atoms with Gasteiger partial charge in [0.2, 0.25) is 0 Å². The van der Waals surface area contributed by atoms with E-state index < -0.39 is 5.54 Å². The van der Waals surface area contributed by atoms with Crippen molar-refractivity contribution in [3.05, 3.63) is 107 Å². The highest BCUT2D eigenvalue weighted by Gasteiger charge is 2.31. The van der Waals surface area contributed by atoms with Gasteiger partial charge in [0.1, 0.15) is 0 Å².